The lowest BCUT2D eigenvalue weighted by molar-refractivity contribution is 0.675. The topological polar surface area (TPSA) is 26.0 Å². The maximum atomic E-state index is 5.56. The molecule has 1 atom stereocenters. The normalized spacial score (nSPS) is 9.75. The summed E-state index contributed by atoms with van der Waals surface area (Å²) in [7, 11) is 0. The summed E-state index contributed by atoms with van der Waals surface area (Å²) < 4.78 is 0. The first-order chi connectivity index (χ1) is 7.72. The van der Waals surface area contributed by atoms with Gasteiger partial charge in [0.05, 0.1) is 0 Å². The molecule has 0 aliphatic carbocycles. The van der Waals surface area contributed by atoms with Crippen LogP contribution in [0.3, 0.4) is 0 Å². The molecule has 0 aromatic heterocycles. The highest BCUT2D eigenvalue weighted by atomic mass is 14.6. The third-order valence-electron chi connectivity index (χ3n) is 1.74. The van der Waals surface area contributed by atoms with Crippen LogP contribution in [0, 0.1) is 0 Å². The van der Waals surface area contributed by atoms with Crippen LogP contribution in [-0.4, -0.2) is 6.04 Å². The molecule has 1 unspecified atom stereocenters. The number of allylic oxidation sites excluding steroid dienone is 2. The van der Waals surface area contributed by atoms with Crippen molar-refractivity contribution in [2.45, 2.75) is 58.9 Å². The van der Waals surface area contributed by atoms with E-state index in [0.29, 0.717) is 0 Å². The molecule has 0 aromatic carbocycles. The minimum Gasteiger partial charge on any atom is -0.324 e. The third kappa shape index (κ3) is 29.2. The standard InChI is InChI=1S/C8H15N.C5H10.C2H6/c1-3-5-6-7-8(9)4-2;1-3-5-4-2;1-2/h3-4,8H,1-2,5-7,9H2;3H,1,4-5H2,2H3;1-2H3. The molecule has 0 saturated heterocycles. The van der Waals surface area contributed by atoms with Crippen molar-refractivity contribution in [2.75, 3.05) is 0 Å². The Kier molecular flexibility index (Phi) is 30.6. The zero-order valence-electron chi connectivity index (χ0n) is 11.5. The van der Waals surface area contributed by atoms with Gasteiger partial charge >= 0.3 is 0 Å². The van der Waals surface area contributed by atoms with Gasteiger partial charge in [-0.3, -0.25) is 0 Å². The van der Waals surface area contributed by atoms with Gasteiger partial charge in [-0.25, -0.2) is 0 Å². The number of nitrogens with two attached hydrogens (primary N) is 1. The second-order valence-corrected chi connectivity index (χ2v) is 3.20. The van der Waals surface area contributed by atoms with Crippen molar-refractivity contribution in [3.05, 3.63) is 38.0 Å². The molecule has 96 valence electrons. The lowest BCUT2D eigenvalue weighted by Gasteiger charge is -2.01. The molecular formula is C15H31N. The van der Waals surface area contributed by atoms with E-state index in [1.165, 1.54) is 6.42 Å². The monoisotopic (exact) mass is 225 g/mol. The average molecular weight is 225 g/mol. The van der Waals surface area contributed by atoms with Gasteiger partial charge in [0.2, 0.25) is 0 Å². The second kappa shape index (κ2) is 23.8. The first-order valence-electron chi connectivity index (χ1n) is 6.32. The van der Waals surface area contributed by atoms with E-state index >= 15 is 0 Å². The second-order valence-electron chi connectivity index (χ2n) is 3.20. The number of unbranched alkanes of at least 4 members (excludes halogenated alkanes) is 2. The van der Waals surface area contributed by atoms with Crippen LogP contribution in [0.1, 0.15) is 52.9 Å². The molecule has 1 heteroatoms. The van der Waals surface area contributed by atoms with E-state index in [-0.39, 0.29) is 6.04 Å². The van der Waals surface area contributed by atoms with Crippen molar-refractivity contribution in [3.63, 3.8) is 0 Å². The van der Waals surface area contributed by atoms with Crippen molar-refractivity contribution >= 4 is 0 Å². The van der Waals surface area contributed by atoms with Gasteiger partial charge in [-0.2, -0.15) is 0 Å². The molecule has 0 bridgehead atoms. The van der Waals surface area contributed by atoms with Crippen molar-refractivity contribution in [2.24, 2.45) is 5.73 Å². The Morgan fingerprint density at radius 2 is 1.56 bits per heavy atom. The van der Waals surface area contributed by atoms with Crippen LogP contribution in [0.25, 0.3) is 0 Å². The Bertz CT molecular complexity index is 138. The van der Waals surface area contributed by atoms with Crippen LogP contribution in [-0.2, 0) is 0 Å². The number of hydrogen-bond donors (Lipinski definition) is 1. The van der Waals surface area contributed by atoms with E-state index in [0.717, 1.165) is 25.7 Å². The van der Waals surface area contributed by atoms with Crippen LogP contribution in [0.5, 0.6) is 0 Å². The van der Waals surface area contributed by atoms with Gasteiger partial charge in [-0.15, -0.1) is 19.7 Å². The molecule has 0 spiro atoms. The predicted octanol–water partition coefficient (Wildman–Crippen LogP) is 4.85. The highest BCUT2D eigenvalue weighted by Crippen LogP contribution is 1.98. The summed E-state index contributed by atoms with van der Waals surface area (Å²) >= 11 is 0. The van der Waals surface area contributed by atoms with Gasteiger partial charge in [0.15, 0.2) is 0 Å². The van der Waals surface area contributed by atoms with Crippen molar-refractivity contribution in [1.29, 1.82) is 0 Å². The van der Waals surface area contributed by atoms with Crippen LogP contribution < -0.4 is 5.73 Å². The maximum absolute atomic E-state index is 5.56. The quantitative estimate of drug-likeness (QED) is 0.486. The Morgan fingerprint density at radius 1 is 1.06 bits per heavy atom. The Labute approximate surface area is 103 Å². The summed E-state index contributed by atoms with van der Waals surface area (Å²) in [5, 5.41) is 0. The summed E-state index contributed by atoms with van der Waals surface area (Å²) in [5.74, 6) is 0. The van der Waals surface area contributed by atoms with Crippen molar-refractivity contribution in [3.8, 4) is 0 Å². The molecule has 0 amide bonds. The van der Waals surface area contributed by atoms with Gasteiger partial charge in [0.25, 0.3) is 0 Å². The Balaban J connectivity index is -0.000000205. The summed E-state index contributed by atoms with van der Waals surface area (Å²) in [6, 6.07) is 0.171. The largest absolute Gasteiger partial charge is 0.324 e. The summed E-state index contributed by atoms with van der Waals surface area (Å²) in [4.78, 5) is 0. The SMILES string of the molecule is C=CCCC.C=CCCCC(N)C=C.CC. The van der Waals surface area contributed by atoms with E-state index < -0.39 is 0 Å². The first kappa shape index (κ1) is 20.6. The van der Waals surface area contributed by atoms with Crippen LogP contribution in [0.4, 0.5) is 0 Å². The van der Waals surface area contributed by atoms with Crippen molar-refractivity contribution < 1.29 is 0 Å². The van der Waals surface area contributed by atoms with E-state index in [1.807, 2.05) is 26.0 Å². The number of rotatable bonds is 7. The minimum absolute atomic E-state index is 0.171. The fraction of sp³-hybridized carbons (Fsp3) is 0.600. The molecule has 0 aromatic rings. The van der Waals surface area contributed by atoms with E-state index in [1.54, 1.807) is 6.08 Å². The molecule has 1 nitrogen and oxygen atoms in total. The molecule has 16 heavy (non-hydrogen) atoms. The Hall–Kier alpha value is -0.820. The van der Waals surface area contributed by atoms with Gasteiger partial charge in [0.1, 0.15) is 0 Å². The number of hydrogen-bond acceptors (Lipinski definition) is 1. The van der Waals surface area contributed by atoms with E-state index in [4.69, 9.17) is 5.73 Å². The van der Waals surface area contributed by atoms with Crippen LogP contribution in [0.2, 0.25) is 0 Å². The fourth-order valence-electron chi connectivity index (χ4n) is 0.820. The van der Waals surface area contributed by atoms with Gasteiger partial charge in [0, 0.05) is 6.04 Å². The lowest BCUT2D eigenvalue weighted by Crippen LogP contribution is -2.15. The molecule has 0 aliphatic rings. The molecule has 0 rings (SSSR count). The van der Waals surface area contributed by atoms with Gasteiger partial charge in [-0.05, 0) is 25.7 Å². The van der Waals surface area contributed by atoms with E-state index in [9.17, 15) is 0 Å². The molecular weight excluding hydrogens is 194 g/mol. The molecule has 0 saturated carbocycles. The minimum atomic E-state index is 0.171. The molecule has 2 N–H and O–H groups in total. The molecule has 0 aliphatic heterocycles. The van der Waals surface area contributed by atoms with Gasteiger partial charge < -0.3 is 5.73 Å². The van der Waals surface area contributed by atoms with Crippen LogP contribution >= 0.6 is 0 Å². The van der Waals surface area contributed by atoms with Crippen molar-refractivity contribution in [1.82, 2.24) is 0 Å². The summed E-state index contributed by atoms with van der Waals surface area (Å²) in [6.45, 7) is 16.9. The van der Waals surface area contributed by atoms with Crippen LogP contribution in [0.15, 0.2) is 38.0 Å². The third-order valence-corrected chi connectivity index (χ3v) is 1.74. The molecule has 0 heterocycles. The van der Waals surface area contributed by atoms with E-state index in [2.05, 4.69) is 26.7 Å². The first-order valence-corrected chi connectivity index (χ1v) is 6.32. The highest BCUT2D eigenvalue weighted by molar-refractivity contribution is 4.82. The highest BCUT2D eigenvalue weighted by Gasteiger charge is 1.92. The molecule has 0 fully saturated rings. The summed E-state index contributed by atoms with van der Waals surface area (Å²) in [6.07, 6.45) is 11.2. The average Bonchev–Trinajstić information content (AvgIpc) is 2.33. The Morgan fingerprint density at radius 3 is 1.81 bits per heavy atom. The molecule has 0 radical (unpaired) electrons. The lowest BCUT2D eigenvalue weighted by atomic mass is 10.1. The van der Waals surface area contributed by atoms with Gasteiger partial charge in [-0.1, -0.05) is 45.4 Å². The smallest absolute Gasteiger partial charge is 0.0221 e. The zero-order chi connectivity index (χ0) is 13.2. The maximum Gasteiger partial charge on any atom is 0.0221 e. The fourth-order valence-corrected chi connectivity index (χ4v) is 0.820. The zero-order valence-corrected chi connectivity index (χ0v) is 11.5. The predicted molar refractivity (Wildman–Crippen MR) is 78.7 cm³/mol. The summed E-state index contributed by atoms with van der Waals surface area (Å²) in [5.41, 5.74) is 5.56.